The predicted molar refractivity (Wildman–Crippen MR) is 126 cm³/mol. The third-order valence-electron chi connectivity index (χ3n) is 5.27. The second-order valence-corrected chi connectivity index (χ2v) is 8.59. The molecular formula is C27H28N2O4. The molecule has 1 aliphatic rings. The fourth-order valence-electron chi connectivity index (χ4n) is 3.65. The molecule has 0 aliphatic carbocycles. The van der Waals surface area contributed by atoms with Crippen LogP contribution in [0.25, 0.3) is 0 Å². The number of ether oxygens (including phenoxy) is 1. The Morgan fingerprint density at radius 2 is 1.88 bits per heavy atom. The molecule has 4 rings (SSSR count). The number of hydrogen-bond donors (Lipinski definition) is 2. The summed E-state index contributed by atoms with van der Waals surface area (Å²) in [5.41, 5.74) is 1.13. The number of amides is 1. The van der Waals surface area contributed by atoms with E-state index in [0.717, 1.165) is 23.4 Å². The van der Waals surface area contributed by atoms with Gasteiger partial charge in [0, 0.05) is 31.7 Å². The van der Waals surface area contributed by atoms with Crippen LogP contribution in [0.1, 0.15) is 47.4 Å². The highest BCUT2D eigenvalue weighted by atomic mass is 16.5. The van der Waals surface area contributed by atoms with E-state index in [0.29, 0.717) is 25.4 Å². The minimum Gasteiger partial charge on any atom is -0.484 e. The van der Waals surface area contributed by atoms with Crippen LogP contribution in [0.5, 0.6) is 5.75 Å². The van der Waals surface area contributed by atoms with Gasteiger partial charge in [-0.05, 0) is 43.5 Å². The number of carbonyl (C=O) groups excluding carboxylic acids is 1. The molecule has 0 saturated carbocycles. The molecule has 1 aliphatic heterocycles. The van der Waals surface area contributed by atoms with Crippen LogP contribution < -0.4 is 10.1 Å². The molecule has 1 amide bonds. The van der Waals surface area contributed by atoms with E-state index in [9.17, 15) is 9.90 Å². The monoisotopic (exact) mass is 444 g/mol. The number of benzene rings is 2. The minimum absolute atomic E-state index is 0.0902. The van der Waals surface area contributed by atoms with E-state index in [-0.39, 0.29) is 17.8 Å². The molecule has 170 valence electrons. The smallest absolute Gasteiger partial charge is 0.287 e. The molecule has 1 aromatic heterocycles. The van der Waals surface area contributed by atoms with Gasteiger partial charge in [0.15, 0.2) is 11.5 Å². The normalized spacial score (nSPS) is 16.0. The van der Waals surface area contributed by atoms with Gasteiger partial charge in [0.2, 0.25) is 0 Å². The Morgan fingerprint density at radius 3 is 2.67 bits per heavy atom. The summed E-state index contributed by atoms with van der Waals surface area (Å²) in [4.78, 5) is 14.8. The van der Waals surface area contributed by atoms with Gasteiger partial charge in [-0.15, -0.1) is 0 Å². The lowest BCUT2D eigenvalue weighted by molar-refractivity contribution is 0.0915. The molecule has 3 aromatic rings. The van der Waals surface area contributed by atoms with Crippen molar-refractivity contribution in [3.8, 4) is 17.6 Å². The van der Waals surface area contributed by atoms with Crippen molar-refractivity contribution >= 4 is 5.91 Å². The van der Waals surface area contributed by atoms with E-state index >= 15 is 0 Å². The number of aliphatic hydroxyl groups is 1. The van der Waals surface area contributed by atoms with Crippen molar-refractivity contribution in [1.29, 1.82) is 0 Å². The van der Waals surface area contributed by atoms with E-state index in [2.05, 4.69) is 40.3 Å². The third kappa shape index (κ3) is 6.26. The van der Waals surface area contributed by atoms with Crippen LogP contribution in [-0.4, -0.2) is 41.1 Å². The summed E-state index contributed by atoms with van der Waals surface area (Å²) in [7, 11) is 0. The van der Waals surface area contributed by atoms with Gasteiger partial charge in [0.1, 0.15) is 17.5 Å². The molecule has 33 heavy (non-hydrogen) atoms. The van der Waals surface area contributed by atoms with Crippen molar-refractivity contribution in [2.75, 3.05) is 19.6 Å². The largest absolute Gasteiger partial charge is 0.484 e. The first-order valence-corrected chi connectivity index (χ1v) is 11.0. The van der Waals surface area contributed by atoms with Crippen LogP contribution >= 0.6 is 0 Å². The number of rotatable bonds is 5. The summed E-state index contributed by atoms with van der Waals surface area (Å²) in [5, 5.41) is 12.6. The van der Waals surface area contributed by atoms with Crippen molar-refractivity contribution < 1.29 is 19.1 Å². The predicted octanol–water partition coefficient (Wildman–Crippen LogP) is 3.77. The Labute approximate surface area is 194 Å². The Bertz CT molecular complexity index is 1150. The maximum Gasteiger partial charge on any atom is 0.287 e. The zero-order valence-corrected chi connectivity index (χ0v) is 18.9. The Hall–Kier alpha value is -3.53. The Morgan fingerprint density at radius 1 is 1.12 bits per heavy atom. The SMILES string of the molecule is CC(C)(O)C#Cc1ccc(C(=O)NCCN2Cc3ccccc3O[C@H](c3ccccc3)C2)o1. The number of nitrogens with zero attached hydrogens (tertiary/aromatic N) is 1. The van der Waals surface area contributed by atoms with E-state index in [1.807, 2.05) is 36.4 Å². The van der Waals surface area contributed by atoms with Crippen LogP contribution in [0.2, 0.25) is 0 Å². The highest BCUT2D eigenvalue weighted by Gasteiger charge is 2.24. The van der Waals surface area contributed by atoms with Crippen LogP contribution in [0.15, 0.2) is 71.1 Å². The van der Waals surface area contributed by atoms with Gasteiger partial charge in [-0.2, -0.15) is 0 Å². The first-order chi connectivity index (χ1) is 15.9. The lowest BCUT2D eigenvalue weighted by atomic mass is 10.1. The standard InChI is InChI=1S/C27H28N2O4/c1-27(2,31)15-14-22-12-13-24(32-22)26(30)28-16-17-29-18-21-10-6-7-11-23(21)33-25(19-29)20-8-4-3-5-9-20/h3-13,25,31H,16-19H2,1-2H3,(H,28,30)/t25-/m0/s1. The quantitative estimate of drug-likeness (QED) is 0.586. The maximum atomic E-state index is 12.5. The average Bonchev–Trinajstić information content (AvgIpc) is 3.19. The molecule has 1 atom stereocenters. The molecule has 0 saturated heterocycles. The van der Waals surface area contributed by atoms with Crippen molar-refractivity contribution in [1.82, 2.24) is 10.2 Å². The van der Waals surface area contributed by atoms with E-state index in [1.165, 1.54) is 0 Å². The van der Waals surface area contributed by atoms with Crippen LogP contribution in [0.3, 0.4) is 0 Å². The topological polar surface area (TPSA) is 74.9 Å². The third-order valence-corrected chi connectivity index (χ3v) is 5.27. The van der Waals surface area contributed by atoms with Gasteiger partial charge in [0.25, 0.3) is 5.91 Å². The summed E-state index contributed by atoms with van der Waals surface area (Å²) in [6.45, 7) is 5.77. The Kier molecular flexibility index (Phi) is 6.83. The van der Waals surface area contributed by atoms with Gasteiger partial charge in [0.05, 0.1) is 0 Å². The summed E-state index contributed by atoms with van der Waals surface area (Å²) in [6.07, 6.45) is -0.0902. The molecule has 0 fully saturated rings. The van der Waals surface area contributed by atoms with Gasteiger partial charge in [-0.3, -0.25) is 9.69 Å². The molecule has 0 unspecified atom stereocenters. The molecular weight excluding hydrogens is 416 g/mol. The molecule has 0 radical (unpaired) electrons. The first-order valence-electron chi connectivity index (χ1n) is 11.0. The highest BCUT2D eigenvalue weighted by molar-refractivity contribution is 5.91. The van der Waals surface area contributed by atoms with Gasteiger partial charge < -0.3 is 19.6 Å². The number of furan rings is 1. The average molecular weight is 445 g/mol. The zero-order chi connectivity index (χ0) is 23.3. The second kappa shape index (κ2) is 9.95. The van der Waals surface area contributed by atoms with E-state index < -0.39 is 5.60 Å². The summed E-state index contributed by atoms with van der Waals surface area (Å²) in [6, 6.07) is 21.5. The number of carbonyl (C=O) groups is 1. The van der Waals surface area contributed by atoms with E-state index in [4.69, 9.17) is 9.15 Å². The van der Waals surface area contributed by atoms with Crippen molar-refractivity contribution in [3.63, 3.8) is 0 Å². The molecule has 2 aromatic carbocycles. The molecule has 0 bridgehead atoms. The second-order valence-electron chi connectivity index (χ2n) is 8.59. The molecule has 6 heteroatoms. The molecule has 0 spiro atoms. The Balaban J connectivity index is 1.38. The minimum atomic E-state index is -1.12. The van der Waals surface area contributed by atoms with Gasteiger partial charge in [-0.25, -0.2) is 0 Å². The number of para-hydroxylation sites is 1. The summed E-state index contributed by atoms with van der Waals surface area (Å²) in [5.74, 6) is 6.55. The maximum absolute atomic E-state index is 12.5. The van der Waals surface area contributed by atoms with Gasteiger partial charge >= 0.3 is 0 Å². The summed E-state index contributed by atoms with van der Waals surface area (Å²) >= 11 is 0. The molecule has 6 nitrogen and oxygen atoms in total. The first kappa shape index (κ1) is 22.7. The van der Waals surface area contributed by atoms with Crippen LogP contribution in [-0.2, 0) is 6.54 Å². The van der Waals surface area contributed by atoms with Crippen LogP contribution in [0, 0.1) is 11.8 Å². The fourth-order valence-corrected chi connectivity index (χ4v) is 3.65. The lowest BCUT2D eigenvalue weighted by Gasteiger charge is -2.24. The van der Waals surface area contributed by atoms with Crippen LogP contribution in [0.4, 0.5) is 0 Å². The number of hydrogen-bond acceptors (Lipinski definition) is 5. The van der Waals surface area contributed by atoms with E-state index in [1.54, 1.807) is 26.0 Å². The number of nitrogens with one attached hydrogen (secondary N) is 1. The zero-order valence-electron chi connectivity index (χ0n) is 18.9. The van der Waals surface area contributed by atoms with Crippen molar-refractivity contribution in [2.45, 2.75) is 32.1 Å². The van der Waals surface area contributed by atoms with Crippen molar-refractivity contribution in [2.24, 2.45) is 0 Å². The lowest BCUT2D eigenvalue weighted by Crippen LogP contribution is -2.36. The van der Waals surface area contributed by atoms with Gasteiger partial charge in [-0.1, -0.05) is 54.5 Å². The molecule has 2 heterocycles. The van der Waals surface area contributed by atoms with Crippen molar-refractivity contribution in [3.05, 3.63) is 89.4 Å². The summed E-state index contributed by atoms with van der Waals surface area (Å²) < 4.78 is 11.8. The fraction of sp³-hybridized carbons (Fsp3) is 0.296. The highest BCUT2D eigenvalue weighted by Crippen LogP contribution is 2.30. The molecule has 2 N–H and O–H groups in total. The number of fused-ring (bicyclic) bond motifs is 1.